The van der Waals surface area contributed by atoms with E-state index in [9.17, 15) is 0 Å². The zero-order valence-electron chi connectivity index (χ0n) is 10.1. The first-order valence-electron chi connectivity index (χ1n) is 6.29. The molecule has 1 aliphatic heterocycles. The lowest BCUT2D eigenvalue weighted by molar-refractivity contribution is 0.0496. The second kappa shape index (κ2) is 6.62. The van der Waals surface area contributed by atoms with E-state index in [1.165, 1.54) is 0 Å². The van der Waals surface area contributed by atoms with Gasteiger partial charge in [0.2, 0.25) is 0 Å². The lowest BCUT2D eigenvalue weighted by atomic mass is 10.0. The van der Waals surface area contributed by atoms with Crippen LogP contribution in [0.2, 0.25) is 0 Å². The highest BCUT2D eigenvalue weighted by Crippen LogP contribution is 2.21. The van der Waals surface area contributed by atoms with Crippen LogP contribution >= 0.6 is 0 Å². The van der Waals surface area contributed by atoms with Gasteiger partial charge in [-0.05, 0) is 36.8 Å². The van der Waals surface area contributed by atoms with E-state index < -0.39 is 0 Å². The van der Waals surface area contributed by atoms with Crippen LogP contribution in [0.3, 0.4) is 0 Å². The molecular formula is C14H20O3. The smallest absolute Gasteiger partial charge is 0.122 e. The summed E-state index contributed by atoms with van der Waals surface area (Å²) in [5.74, 6) is 1.51. The topological polar surface area (TPSA) is 38.7 Å². The molecule has 0 aliphatic carbocycles. The molecule has 0 bridgehead atoms. The molecule has 0 aromatic heterocycles. The second-order valence-corrected chi connectivity index (χ2v) is 4.45. The SMILES string of the molecule is OCCc1ccccc1OCC1CCOCC1. The molecule has 17 heavy (non-hydrogen) atoms. The fourth-order valence-corrected chi connectivity index (χ4v) is 2.09. The predicted molar refractivity (Wildman–Crippen MR) is 66.3 cm³/mol. The molecule has 3 nitrogen and oxygen atoms in total. The van der Waals surface area contributed by atoms with Crippen molar-refractivity contribution in [1.82, 2.24) is 0 Å². The summed E-state index contributed by atoms with van der Waals surface area (Å²) in [7, 11) is 0. The van der Waals surface area contributed by atoms with E-state index in [0.717, 1.165) is 44.0 Å². The van der Waals surface area contributed by atoms with Crippen LogP contribution in [-0.4, -0.2) is 31.5 Å². The van der Waals surface area contributed by atoms with Crippen LogP contribution in [0.25, 0.3) is 0 Å². The Bertz CT molecular complexity index is 332. The predicted octanol–water partition coefficient (Wildman–Crippen LogP) is 2.03. The van der Waals surface area contributed by atoms with Crippen molar-refractivity contribution in [3.63, 3.8) is 0 Å². The van der Waals surface area contributed by atoms with Gasteiger partial charge in [-0.2, -0.15) is 0 Å². The van der Waals surface area contributed by atoms with Gasteiger partial charge in [-0.1, -0.05) is 18.2 Å². The number of hydrogen-bond acceptors (Lipinski definition) is 3. The minimum atomic E-state index is 0.164. The van der Waals surface area contributed by atoms with Crippen molar-refractivity contribution < 1.29 is 14.6 Å². The fraction of sp³-hybridized carbons (Fsp3) is 0.571. The number of hydrogen-bond donors (Lipinski definition) is 1. The Morgan fingerprint density at radius 3 is 2.76 bits per heavy atom. The highest BCUT2D eigenvalue weighted by Gasteiger charge is 2.14. The van der Waals surface area contributed by atoms with Gasteiger partial charge in [-0.3, -0.25) is 0 Å². The average Bonchev–Trinajstić information content (AvgIpc) is 2.39. The maximum atomic E-state index is 8.99. The van der Waals surface area contributed by atoms with E-state index in [1.807, 2.05) is 24.3 Å². The Kier molecular flexibility index (Phi) is 4.83. The zero-order valence-corrected chi connectivity index (χ0v) is 10.1. The molecule has 0 unspecified atom stereocenters. The van der Waals surface area contributed by atoms with Crippen molar-refractivity contribution in [3.8, 4) is 5.75 Å². The maximum absolute atomic E-state index is 8.99. The number of rotatable bonds is 5. The van der Waals surface area contributed by atoms with Gasteiger partial charge in [0.25, 0.3) is 0 Å². The summed E-state index contributed by atoms with van der Waals surface area (Å²) < 4.78 is 11.2. The number of aliphatic hydroxyl groups is 1. The first-order valence-corrected chi connectivity index (χ1v) is 6.29. The molecule has 0 amide bonds. The standard InChI is InChI=1S/C14H20O3/c15-8-5-13-3-1-2-4-14(13)17-11-12-6-9-16-10-7-12/h1-4,12,15H,5-11H2. The van der Waals surface area contributed by atoms with Gasteiger partial charge >= 0.3 is 0 Å². The van der Waals surface area contributed by atoms with Gasteiger partial charge in [-0.15, -0.1) is 0 Å². The molecule has 1 aliphatic rings. The summed E-state index contributed by atoms with van der Waals surface area (Å²) in [5.41, 5.74) is 1.09. The van der Waals surface area contributed by atoms with Crippen molar-refractivity contribution in [3.05, 3.63) is 29.8 Å². The molecule has 0 atom stereocenters. The van der Waals surface area contributed by atoms with E-state index in [0.29, 0.717) is 12.3 Å². The summed E-state index contributed by atoms with van der Waals surface area (Å²) in [4.78, 5) is 0. The Balaban J connectivity index is 1.88. The highest BCUT2D eigenvalue weighted by atomic mass is 16.5. The summed E-state index contributed by atoms with van der Waals surface area (Å²) in [6.07, 6.45) is 2.83. The lowest BCUT2D eigenvalue weighted by Crippen LogP contribution is -2.21. The monoisotopic (exact) mass is 236 g/mol. The van der Waals surface area contributed by atoms with Crippen LogP contribution in [0.15, 0.2) is 24.3 Å². The Labute approximate surface area is 102 Å². The van der Waals surface area contributed by atoms with Crippen LogP contribution in [-0.2, 0) is 11.2 Å². The number of ether oxygens (including phenoxy) is 2. The summed E-state index contributed by atoms with van der Waals surface area (Å²) in [6.45, 7) is 2.63. The number of aliphatic hydroxyl groups excluding tert-OH is 1. The van der Waals surface area contributed by atoms with Gasteiger partial charge in [0, 0.05) is 19.8 Å². The van der Waals surface area contributed by atoms with Crippen LogP contribution in [0.4, 0.5) is 0 Å². The molecule has 1 heterocycles. The maximum Gasteiger partial charge on any atom is 0.122 e. The van der Waals surface area contributed by atoms with Crippen molar-refractivity contribution >= 4 is 0 Å². The van der Waals surface area contributed by atoms with Crippen molar-refractivity contribution in [1.29, 1.82) is 0 Å². The van der Waals surface area contributed by atoms with Gasteiger partial charge in [-0.25, -0.2) is 0 Å². The molecular weight excluding hydrogens is 216 g/mol. The molecule has 1 aromatic carbocycles. The van der Waals surface area contributed by atoms with E-state index in [1.54, 1.807) is 0 Å². The third kappa shape index (κ3) is 3.72. The van der Waals surface area contributed by atoms with Gasteiger partial charge in [0.1, 0.15) is 5.75 Å². The van der Waals surface area contributed by atoms with Crippen molar-refractivity contribution in [2.75, 3.05) is 26.4 Å². The number of para-hydroxylation sites is 1. The molecule has 1 saturated heterocycles. The Morgan fingerprint density at radius 2 is 2.00 bits per heavy atom. The Hall–Kier alpha value is -1.06. The Morgan fingerprint density at radius 1 is 1.24 bits per heavy atom. The summed E-state index contributed by atoms with van der Waals surface area (Å²) >= 11 is 0. The molecule has 3 heteroatoms. The number of benzene rings is 1. The van der Waals surface area contributed by atoms with Crippen LogP contribution in [0.5, 0.6) is 5.75 Å². The first kappa shape index (κ1) is 12.4. The van der Waals surface area contributed by atoms with E-state index in [2.05, 4.69) is 0 Å². The lowest BCUT2D eigenvalue weighted by Gasteiger charge is -2.22. The van der Waals surface area contributed by atoms with Crippen LogP contribution in [0, 0.1) is 5.92 Å². The van der Waals surface area contributed by atoms with Crippen LogP contribution in [0.1, 0.15) is 18.4 Å². The molecule has 1 aromatic rings. The molecule has 0 spiro atoms. The minimum absolute atomic E-state index is 0.164. The molecule has 0 radical (unpaired) electrons. The molecule has 1 N–H and O–H groups in total. The van der Waals surface area contributed by atoms with Crippen molar-refractivity contribution in [2.45, 2.75) is 19.3 Å². The first-order chi connectivity index (χ1) is 8.40. The van der Waals surface area contributed by atoms with Gasteiger partial charge in [0.05, 0.1) is 6.61 Å². The van der Waals surface area contributed by atoms with E-state index >= 15 is 0 Å². The zero-order chi connectivity index (χ0) is 11.9. The summed E-state index contributed by atoms with van der Waals surface area (Å²) in [6, 6.07) is 7.94. The third-order valence-electron chi connectivity index (χ3n) is 3.17. The van der Waals surface area contributed by atoms with Crippen LogP contribution < -0.4 is 4.74 Å². The largest absolute Gasteiger partial charge is 0.493 e. The second-order valence-electron chi connectivity index (χ2n) is 4.45. The van der Waals surface area contributed by atoms with Gasteiger partial charge < -0.3 is 14.6 Å². The molecule has 0 saturated carbocycles. The summed E-state index contributed by atoms with van der Waals surface area (Å²) in [5, 5.41) is 8.99. The van der Waals surface area contributed by atoms with E-state index in [-0.39, 0.29) is 6.61 Å². The third-order valence-corrected chi connectivity index (χ3v) is 3.17. The highest BCUT2D eigenvalue weighted by molar-refractivity contribution is 5.33. The molecule has 1 fully saturated rings. The fourth-order valence-electron chi connectivity index (χ4n) is 2.09. The van der Waals surface area contributed by atoms with E-state index in [4.69, 9.17) is 14.6 Å². The van der Waals surface area contributed by atoms with Crippen molar-refractivity contribution in [2.24, 2.45) is 5.92 Å². The molecule has 2 rings (SSSR count). The quantitative estimate of drug-likeness (QED) is 0.850. The van der Waals surface area contributed by atoms with Gasteiger partial charge in [0.15, 0.2) is 0 Å². The molecule has 94 valence electrons. The normalized spacial score (nSPS) is 17.0. The average molecular weight is 236 g/mol. The minimum Gasteiger partial charge on any atom is -0.493 e.